The second kappa shape index (κ2) is 6.91. The summed E-state index contributed by atoms with van der Waals surface area (Å²) in [6, 6.07) is 6.36. The third kappa shape index (κ3) is 4.55. The monoisotopic (exact) mass is 278 g/mol. The zero-order chi connectivity index (χ0) is 14.4. The zero-order valence-electron chi connectivity index (χ0n) is 11.3. The highest BCUT2D eigenvalue weighted by atomic mass is 16.5. The number of anilines is 1. The van der Waals surface area contributed by atoms with Crippen LogP contribution in [0.3, 0.4) is 0 Å². The van der Waals surface area contributed by atoms with E-state index in [4.69, 9.17) is 9.47 Å². The van der Waals surface area contributed by atoms with Gasteiger partial charge in [0, 0.05) is 31.8 Å². The number of carbonyl (C=O) groups excluding carboxylic acids is 2. The Hall–Kier alpha value is -2.08. The largest absolute Gasteiger partial charge is 0.427 e. The first-order valence-corrected chi connectivity index (χ1v) is 6.58. The van der Waals surface area contributed by atoms with Crippen molar-refractivity contribution in [3.8, 4) is 5.75 Å². The molecule has 108 valence electrons. The van der Waals surface area contributed by atoms with E-state index < -0.39 is 5.97 Å². The Morgan fingerprint density at radius 3 is 3.00 bits per heavy atom. The smallest absolute Gasteiger partial charge is 0.319 e. The molecule has 0 bridgehead atoms. The van der Waals surface area contributed by atoms with Gasteiger partial charge in [-0.2, -0.15) is 0 Å². The average Bonchev–Trinajstić information content (AvgIpc) is 2.89. The lowest BCUT2D eigenvalue weighted by molar-refractivity contribution is -0.131. The predicted molar refractivity (Wildman–Crippen MR) is 73.7 cm³/mol. The molecule has 6 nitrogen and oxygen atoms in total. The third-order valence-corrected chi connectivity index (χ3v) is 2.87. The van der Waals surface area contributed by atoms with Crippen molar-refractivity contribution in [1.82, 2.24) is 5.32 Å². The molecule has 1 unspecified atom stereocenters. The number of hydrogen-bond donors (Lipinski definition) is 2. The van der Waals surface area contributed by atoms with Gasteiger partial charge in [0.25, 0.3) is 0 Å². The molecule has 1 saturated heterocycles. The summed E-state index contributed by atoms with van der Waals surface area (Å²) in [5, 5.41) is 5.43. The molecule has 6 heteroatoms. The van der Waals surface area contributed by atoms with Crippen LogP contribution in [-0.2, 0) is 9.53 Å². The van der Waals surface area contributed by atoms with E-state index in [0.29, 0.717) is 18.0 Å². The molecule has 0 aliphatic carbocycles. The van der Waals surface area contributed by atoms with Gasteiger partial charge in [-0.25, -0.2) is 4.79 Å². The van der Waals surface area contributed by atoms with E-state index >= 15 is 0 Å². The standard InChI is InChI=1S/C14H18N2O4/c1-10(17)20-12-5-2-4-11(8-12)16-14(18)15-9-13-6-3-7-19-13/h2,4-5,8,13H,3,6-7,9H2,1H3,(H2,15,16,18). The molecule has 0 aromatic heterocycles. The summed E-state index contributed by atoms with van der Waals surface area (Å²) in [6.07, 6.45) is 2.12. The van der Waals surface area contributed by atoms with Crippen molar-refractivity contribution < 1.29 is 19.1 Å². The summed E-state index contributed by atoms with van der Waals surface area (Å²) in [4.78, 5) is 22.6. The summed E-state index contributed by atoms with van der Waals surface area (Å²) in [5.41, 5.74) is 0.564. The Kier molecular flexibility index (Phi) is 4.95. The summed E-state index contributed by atoms with van der Waals surface area (Å²) >= 11 is 0. The van der Waals surface area contributed by atoms with Gasteiger partial charge in [-0.1, -0.05) is 6.07 Å². The van der Waals surface area contributed by atoms with Crippen LogP contribution in [0.1, 0.15) is 19.8 Å². The Labute approximate surface area is 117 Å². The minimum absolute atomic E-state index is 0.105. The number of esters is 1. The van der Waals surface area contributed by atoms with E-state index in [0.717, 1.165) is 19.4 Å². The second-order valence-electron chi connectivity index (χ2n) is 4.59. The van der Waals surface area contributed by atoms with Gasteiger partial charge in [0.1, 0.15) is 5.75 Å². The maximum Gasteiger partial charge on any atom is 0.319 e. The number of carbonyl (C=O) groups is 2. The molecule has 20 heavy (non-hydrogen) atoms. The Bertz CT molecular complexity index is 484. The summed E-state index contributed by atoms with van der Waals surface area (Å²) in [6.45, 7) is 2.59. The number of nitrogens with one attached hydrogen (secondary N) is 2. The number of urea groups is 1. The Balaban J connectivity index is 1.82. The SMILES string of the molecule is CC(=O)Oc1cccc(NC(=O)NCC2CCCO2)c1. The van der Waals surface area contributed by atoms with Crippen molar-refractivity contribution in [1.29, 1.82) is 0 Å². The summed E-state index contributed by atoms with van der Waals surface area (Å²) in [5.74, 6) is -0.000546. The van der Waals surface area contributed by atoms with Gasteiger partial charge in [-0.05, 0) is 25.0 Å². The molecule has 0 spiro atoms. The van der Waals surface area contributed by atoms with E-state index in [1.807, 2.05) is 0 Å². The fraction of sp³-hybridized carbons (Fsp3) is 0.429. The van der Waals surface area contributed by atoms with Crippen molar-refractivity contribution in [3.05, 3.63) is 24.3 Å². The molecule has 1 aromatic carbocycles. The minimum atomic E-state index is -0.398. The van der Waals surface area contributed by atoms with Crippen molar-refractivity contribution in [2.45, 2.75) is 25.9 Å². The number of rotatable bonds is 4. The van der Waals surface area contributed by atoms with Crippen LogP contribution in [-0.4, -0.2) is 31.3 Å². The molecule has 1 aliphatic heterocycles. The van der Waals surface area contributed by atoms with Crippen LogP contribution in [0.4, 0.5) is 10.5 Å². The van der Waals surface area contributed by atoms with E-state index in [-0.39, 0.29) is 12.1 Å². The van der Waals surface area contributed by atoms with Crippen LogP contribution in [0.25, 0.3) is 0 Å². The van der Waals surface area contributed by atoms with E-state index in [1.165, 1.54) is 6.92 Å². The average molecular weight is 278 g/mol. The normalized spacial score (nSPS) is 17.6. The fourth-order valence-electron chi connectivity index (χ4n) is 1.99. The van der Waals surface area contributed by atoms with Crippen molar-refractivity contribution in [3.63, 3.8) is 0 Å². The van der Waals surface area contributed by atoms with Crippen LogP contribution in [0.5, 0.6) is 5.75 Å². The Morgan fingerprint density at radius 1 is 1.45 bits per heavy atom. The van der Waals surface area contributed by atoms with Crippen LogP contribution in [0.15, 0.2) is 24.3 Å². The van der Waals surface area contributed by atoms with E-state index in [1.54, 1.807) is 24.3 Å². The maximum absolute atomic E-state index is 11.7. The van der Waals surface area contributed by atoms with E-state index in [9.17, 15) is 9.59 Å². The molecule has 0 radical (unpaired) electrons. The number of amides is 2. The molecule has 1 atom stereocenters. The first-order chi connectivity index (χ1) is 9.63. The first-order valence-electron chi connectivity index (χ1n) is 6.58. The molecule has 2 amide bonds. The van der Waals surface area contributed by atoms with Gasteiger partial charge in [-0.3, -0.25) is 4.79 Å². The second-order valence-corrected chi connectivity index (χ2v) is 4.59. The molecule has 1 aliphatic rings. The van der Waals surface area contributed by atoms with Gasteiger partial charge >= 0.3 is 12.0 Å². The number of ether oxygens (including phenoxy) is 2. The summed E-state index contributed by atoms with van der Waals surface area (Å²) < 4.78 is 10.4. The van der Waals surface area contributed by atoms with Crippen molar-refractivity contribution in [2.24, 2.45) is 0 Å². The molecule has 2 rings (SSSR count). The fourth-order valence-corrected chi connectivity index (χ4v) is 1.99. The van der Waals surface area contributed by atoms with Gasteiger partial charge in [0.05, 0.1) is 6.10 Å². The van der Waals surface area contributed by atoms with E-state index in [2.05, 4.69) is 10.6 Å². The van der Waals surface area contributed by atoms with Crippen molar-refractivity contribution in [2.75, 3.05) is 18.5 Å². The zero-order valence-corrected chi connectivity index (χ0v) is 11.3. The van der Waals surface area contributed by atoms with Gasteiger partial charge in [-0.15, -0.1) is 0 Å². The quantitative estimate of drug-likeness (QED) is 0.651. The number of hydrogen-bond acceptors (Lipinski definition) is 4. The van der Waals surface area contributed by atoms with Gasteiger partial charge < -0.3 is 20.1 Å². The highest BCUT2D eigenvalue weighted by Crippen LogP contribution is 2.17. The lowest BCUT2D eigenvalue weighted by Crippen LogP contribution is -2.35. The summed E-state index contributed by atoms with van der Waals surface area (Å²) in [7, 11) is 0. The molecular formula is C14H18N2O4. The minimum Gasteiger partial charge on any atom is -0.427 e. The molecule has 2 N–H and O–H groups in total. The molecule has 1 fully saturated rings. The lowest BCUT2D eigenvalue weighted by Gasteiger charge is -2.12. The van der Waals surface area contributed by atoms with Crippen LogP contribution in [0.2, 0.25) is 0 Å². The van der Waals surface area contributed by atoms with Crippen LogP contribution < -0.4 is 15.4 Å². The maximum atomic E-state index is 11.7. The predicted octanol–water partition coefficient (Wildman–Crippen LogP) is 1.91. The molecule has 1 heterocycles. The van der Waals surface area contributed by atoms with Crippen molar-refractivity contribution >= 4 is 17.7 Å². The highest BCUT2D eigenvalue weighted by Gasteiger charge is 2.16. The molecular weight excluding hydrogens is 260 g/mol. The Morgan fingerprint density at radius 2 is 2.30 bits per heavy atom. The molecule has 1 aromatic rings. The molecule has 0 saturated carbocycles. The lowest BCUT2D eigenvalue weighted by atomic mass is 10.2. The van der Waals surface area contributed by atoms with Crippen LogP contribution in [0, 0.1) is 0 Å². The number of benzene rings is 1. The third-order valence-electron chi connectivity index (χ3n) is 2.87. The highest BCUT2D eigenvalue weighted by molar-refractivity contribution is 5.89. The van der Waals surface area contributed by atoms with Gasteiger partial charge in [0.2, 0.25) is 0 Å². The topological polar surface area (TPSA) is 76.7 Å². The van der Waals surface area contributed by atoms with Gasteiger partial charge in [0.15, 0.2) is 0 Å². The first kappa shape index (κ1) is 14.3. The van der Waals surface area contributed by atoms with Crippen LogP contribution >= 0.6 is 0 Å².